The van der Waals surface area contributed by atoms with Crippen molar-refractivity contribution in [1.29, 1.82) is 0 Å². The van der Waals surface area contributed by atoms with Gasteiger partial charge in [-0.15, -0.1) is 0 Å². The monoisotopic (exact) mass is 579 g/mol. The molecule has 3 aromatic carbocycles. The van der Waals surface area contributed by atoms with Crippen LogP contribution in [0.25, 0.3) is 6.08 Å². The summed E-state index contributed by atoms with van der Waals surface area (Å²) in [4.78, 5) is 49.1. The van der Waals surface area contributed by atoms with Gasteiger partial charge >= 0.3 is 12.2 Å². The molecule has 39 heavy (non-hydrogen) atoms. The number of hydrogen-bond donors (Lipinski definition) is 1. The zero-order valence-corrected chi connectivity index (χ0v) is 20.8. The summed E-state index contributed by atoms with van der Waals surface area (Å²) >= 11 is 12.1. The van der Waals surface area contributed by atoms with E-state index in [1.54, 1.807) is 6.07 Å². The van der Waals surface area contributed by atoms with Crippen LogP contribution >= 0.6 is 23.2 Å². The van der Waals surface area contributed by atoms with Gasteiger partial charge in [-0.3, -0.25) is 25.0 Å². The van der Waals surface area contributed by atoms with Gasteiger partial charge in [0, 0.05) is 22.7 Å². The number of benzene rings is 3. The highest BCUT2D eigenvalue weighted by Gasteiger charge is 2.39. The first-order chi connectivity index (χ1) is 18.3. The summed E-state index contributed by atoms with van der Waals surface area (Å²) in [5.74, 6) is -2.25. The van der Waals surface area contributed by atoms with Crippen molar-refractivity contribution < 1.29 is 37.2 Å². The largest absolute Gasteiger partial charge is 0.488 e. The molecule has 14 heteroatoms. The summed E-state index contributed by atoms with van der Waals surface area (Å²) in [6, 6.07) is 10.6. The Morgan fingerprint density at radius 1 is 1.03 bits per heavy atom. The van der Waals surface area contributed by atoms with Crippen LogP contribution in [0, 0.1) is 10.1 Å². The Morgan fingerprint density at radius 2 is 1.77 bits per heavy atom. The third-order valence-electron chi connectivity index (χ3n) is 5.40. The minimum Gasteiger partial charge on any atom is -0.488 e. The first kappa shape index (κ1) is 27.6. The molecule has 1 fully saturated rings. The van der Waals surface area contributed by atoms with E-state index in [-0.39, 0.29) is 33.7 Å². The van der Waals surface area contributed by atoms with Gasteiger partial charge in [0.1, 0.15) is 17.9 Å². The number of anilines is 1. The number of rotatable bonds is 6. The lowest BCUT2D eigenvalue weighted by Gasteiger charge is -2.27. The van der Waals surface area contributed by atoms with Crippen molar-refractivity contribution in [3.63, 3.8) is 0 Å². The SMILES string of the molecule is O=C1NC(=O)N(c2cc(C(F)(F)F)ccc2Cl)C(=O)/C1=C\c1cc(Cl)ccc1OCc1cccc([N+](=O)[O-])c1. The number of ether oxygens (including phenoxy) is 1. The minimum absolute atomic E-state index is 0.107. The number of halogens is 5. The maximum atomic E-state index is 13.3. The van der Waals surface area contributed by atoms with Crippen molar-refractivity contribution in [2.24, 2.45) is 0 Å². The molecule has 0 spiro atoms. The molecular formula is C25H14Cl2F3N3O6. The molecule has 4 rings (SSSR count). The lowest BCUT2D eigenvalue weighted by molar-refractivity contribution is -0.384. The van der Waals surface area contributed by atoms with Crippen molar-refractivity contribution >= 4 is 58.5 Å². The van der Waals surface area contributed by atoms with Crippen LogP contribution in [0.1, 0.15) is 16.7 Å². The van der Waals surface area contributed by atoms with Crippen molar-refractivity contribution in [2.45, 2.75) is 12.8 Å². The van der Waals surface area contributed by atoms with Gasteiger partial charge in [-0.05, 0) is 48.0 Å². The number of amides is 4. The fraction of sp³-hybridized carbons (Fsp3) is 0.0800. The number of imide groups is 2. The molecule has 4 amide bonds. The van der Waals surface area contributed by atoms with E-state index in [0.29, 0.717) is 22.6 Å². The number of nitro groups is 1. The number of nitro benzene ring substituents is 1. The van der Waals surface area contributed by atoms with E-state index < -0.39 is 45.8 Å². The zero-order chi connectivity index (χ0) is 28.5. The highest BCUT2D eigenvalue weighted by Crippen LogP contribution is 2.37. The average Bonchev–Trinajstić information content (AvgIpc) is 2.86. The van der Waals surface area contributed by atoms with Crippen molar-refractivity contribution in [2.75, 3.05) is 4.90 Å². The fourth-order valence-corrected chi connectivity index (χ4v) is 3.96. The van der Waals surface area contributed by atoms with Gasteiger partial charge in [0.15, 0.2) is 0 Å². The van der Waals surface area contributed by atoms with Gasteiger partial charge in [0.2, 0.25) is 0 Å². The van der Waals surface area contributed by atoms with Crippen molar-refractivity contribution in [3.05, 3.63) is 103 Å². The second-order valence-electron chi connectivity index (χ2n) is 8.02. The summed E-state index contributed by atoms with van der Waals surface area (Å²) in [6.45, 7) is -0.135. The van der Waals surface area contributed by atoms with Crippen LogP contribution in [0.15, 0.2) is 66.2 Å². The lowest BCUT2D eigenvalue weighted by atomic mass is 10.1. The van der Waals surface area contributed by atoms with Crippen LogP contribution < -0.4 is 15.0 Å². The molecule has 1 aliphatic heterocycles. The number of alkyl halides is 3. The van der Waals surface area contributed by atoms with E-state index in [1.807, 2.05) is 5.32 Å². The highest BCUT2D eigenvalue weighted by atomic mass is 35.5. The Balaban J connectivity index is 1.70. The normalized spacial score (nSPS) is 14.9. The smallest absolute Gasteiger partial charge is 0.416 e. The van der Waals surface area contributed by atoms with Gasteiger partial charge in [-0.2, -0.15) is 13.2 Å². The maximum absolute atomic E-state index is 13.3. The van der Waals surface area contributed by atoms with E-state index in [4.69, 9.17) is 27.9 Å². The number of carbonyl (C=O) groups is 3. The first-order valence-electron chi connectivity index (χ1n) is 10.8. The van der Waals surface area contributed by atoms with E-state index in [1.165, 1.54) is 36.4 Å². The van der Waals surface area contributed by atoms with E-state index in [9.17, 15) is 37.7 Å². The predicted molar refractivity (Wildman–Crippen MR) is 134 cm³/mol. The molecule has 0 atom stereocenters. The topological polar surface area (TPSA) is 119 Å². The lowest BCUT2D eigenvalue weighted by Crippen LogP contribution is -2.54. The number of nitrogens with one attached hydrogen (secondary N) is 1. The summed E-state index contributed by atoms with van der Waals surface area (Å²) in [5.41, 5.74) is -1.98. The van der Waals surface area contributed by atoms with E-state index >= 15 is 0 Å². The Hall–Kier alpha value is -4.42. The third-order valence-corrected chi connectivity index (χ3v) is 5.96. The summed E-state index contributed by atoms with van der Waals surface area (Å²) in [7, 11) is 0. The van der Waals surface area contributed by atoms with Crippen molar-refractivity contribution in [1.82, 2.24) is 5.32 Å². The summed E-state index contributed by atoms with van der Waals surface area (Å²) in [5, 5.41) is 12.8. The van der Waals surface area contributed by atoms with Gasteiger partial charge in [-0.25, -0.2) is 9.69 Å². The van der Waals surface area contributed by atoms with Gasteiger partial charge in [-0.1, -0.05) is 35.3 Å². The van der Waals surface area contributed by atoms with Crippen molar-refractivity contribution in [3.8, 4) is 5.75 Å². The molecule has 200 valence electrons. The van der Waals surface area contributed by atoms with Crippen LogP contribution in [0.3, 0.4) is 0 Å². The van der Waals surface area contributed by atoms with Gasteiger partial charge in [0.25, 0.3) is 17.5 Å². The molecule has 0 aromatic heterocycles. The minimum atomic E-state index is -4.80. The molecule has 0 saturated carbocycles. The fourth-order valence-electron chi connectivity index (χ4n) is 3.58. The van der Waals surface area contributed by atoms with Crippen LogP contribution in [-0.2, 0) is 22.4 Å². The van der Waals surface area contributed by atoms with Crippen LogP contribution in [0.4, 0.5) is 29.3 Å². The van der Waals surface area contributed by atoms with Gasteiger partial charge in [0.05, 0.1) is 21.2 Å². The summed E-state index contributed by atoms with van der Waals surface area (Å²) < 4.78 is 45.5. The molecule has 9 nitrogen and oxygen atoms in total. The molecule has 3 aromatic rings. The Morgan fingerprint density at radius 3 is 2.46 bits per heavy atom. The quantitative estimate of drug-likeness (QED) is 0.161. The van der Waals surface area contributed by atoms with Crippen LogP contribution in [0.5, 0.6) is 5.75 Å². The summed E-state index contributed by atoms with van der Waals surface area (Å²) in [6.07, 6.45) is -3.75. The maximum Gasteiger partial charge on any atom is 0.416 e. The number of barbiturate groups is 1. The zero-order valence-electron chi connectivity index (χ0n) is 19.3. The number of hydrogen-bond acceptors (Lipinski definition) is 6. The van der Waals surface area contributed by atoms with Gasteiger partial charge < -0.3 is 4.74 Å². The molecule has 0 aliphatic carbocycles. The number of non-ortho nitro benzene ring substituents is 1. The van der Waals surface area contributed by atoms with E-state index in [2.05, 4.69) is 0 Å². The predicted octanol–water partition coefficient (Wildman–Crippen LogP) is 6.17. The number of nitrogens with zero attached hydrogens (tertiary/aromatic N) is 2. The standard InChI is InChI=1S/C25H14Cl2F3N3O6/c26-16-5-7-21(39-12-13-2-1-3-17(8-13)33(37)38)14(9-16)10-18-22(34)31-24(36)32(23(18)35)20-11-15(25(28,29)30)4-6-19(20)27/h1-11H,12H2,(H,31,34,36)/b18-10-. The Kier molecular flexibility index (Phi) is 7.61. The Bertz CT molecular complexity index is 1560. The molecule has 0 unspecified atom stereocenters. The van der Waals surface area contributed by atoms with Crippen LogP contribution in [-0.4, -0.2) is 22.8 Å². The number of urea groups is 1. The molecule has 1 saturated heterocycles. The third kappa shape index (κ3) is 6.02. The molecule has 1 heterocycles. The molecule has 0 radical (unpaired) electrons. The number of carbonyl (C=O) groups excluding carboxylic acids is 3. The molecular weight excluding hydrogens is 566 g/mol. The highest BCUT2D eigenvalue weighted by molar-refractivity contribution is 6.42. The molecule has 1 aliphatic rings. The second kappa shape index (κ2) is 10.8. The van der Waals surface area contributed by atoms with Crippen LogP contribution in [0.2, 0.25) is 10.0 Å². The first-order valence-corrected chi connectivity index (χ1v) is 11.5. The molecule has 0 bridgehead atoms. The second-order valence-corrected chi connectivity index (χ2v) is 8.86. The Labute approximate surface area is 227 Å². The van der Waals surface area contributed by atoms with E-state index in [0.717, 1.165) is 12.1 Å². The molecule has 1 N–H and O–H groups in total. The average molecular weight is 580 g/mol.